The van der Waals surface area contributed by atoms with Crippen molar-refractivity contribution in [3.63, 3.8) is 0 Å². The molecule has 3 nitrogen and oxygen atoms in total. The van der Waals surface area contributed by atoms with Crippen LogP contribution in [0.1, 0.15) is 58.9 Å². The van der Waals surface area contributed by atoms with Gasteiger partial charge in [0.2, 0.25) is 0 Å². The molecule has 0 amide bonds. The number of unbranched alkanes of at least 4 members (excludes halogenated alkanes) is 2. The van der Waals surface area contributed by atoms with Crippen molar-refractivity contribution in [3.05, 3.63) is 29.8 Å². The SMILES string of the molecule is CC.CC.COC(=O)CCCCCOc1ccc(C)cc1. The summed E-state index contributed by atoms with van der Waals surface area (Å²) in [5, 5.41) is 0. The number of hydrogen-bond donors (Lipinski definition) is 0. The average molecular weight is 296 g/mol. The third kappa shape index (κ3) is 13.2. The Morgan fingerprint density at radius 3 is 2.05 bits per heavy atom. The zero-order valence-corrected chi connectivity index (χ0v) is 14.6. The predicted octanol–water partition coefficient (Wildman–Crippen LogP) is 5.16. The van der Waals surface area contributed by atoms with Gasteiger partial charge in [-0.1, -0.05) is 45.4 Å². The van der Waals surface area contributed by atoms with Crippen molar-refractivity contribution in [1.82, 2.24) is 0 Å². The Morgan fingerprint density at radius 2 is 1.52 bits per heavy atom. The number of benzene rings is 1. The van der Waals surface area contributed by atoms with Gasteiger partial charge < -0.3 is 9.47 Å². The minimum atomic E-state index is -0.135. The third-order valence-electron chi connectivity index (χ3n) is 2.54. The van der Waals surface area contributed by atoms with E-state index in [0.29, 0.717) is 13.0 Å². The molecule has 0 aliphatic carbocycles. The first kappa shape index (κ1) is 21.8. The second-order valence-corrected chi connectivity index (χ2v) is 4.05. The van der Waals surface area contributed by atoms with Gasteiger partial charge in [-0.2, -0.15) is 0 Å². The molecular weight excluding hydrogens is 264 g/mol. The van der Waals surface area contributed by atoms with Gasteiger partial charge in [0.1, 0.15) is 5.75 Å². The van der Waals surface area contributed by atoms with E-state index < -0.39 is 0 Å². The van der Waals surface area contributed by atoms with E-state index in [4.69, 9.17) is 4.74 Å². The van der Waals surface area contributed by atoms with Gasteiger partial charge in [0.15, 0.2) is 0 Å². The topological polar surface area (TPSA) is 35.5 Å². The van der Waals surface area contributed by atoms with Crippen LogP contribution in [0.4, 0.5) is 0 Å². The van der Waals surface area contributed by atoms with Gasteiger partial charge in [0.25, 0.3) is 0 Å². The number of methoxy groups -OCH3 is 1. The van der Waals surface area contributed by atoms with Crippen molar-refractivity contribution >= 4 is 5.97 Å². The van der Waals surface area contributed by atoms with E-state index in [1.54, 1.807) is 0 Å². The van der Waals surface area contributed by atoms with E-state index >= 15 is 0 Å². The van der Waals surface area contributed by atoms with Crippen LogP contribution in [-0.4, -0.2) is 19.7 Å². The first-order chi connectivity index (χ1) is 10.2. The van der Waals surface area contributed by atoms with E-state index in [1.165, 1.54) is 12.7 Å². The Balaban J connectivity index is 0. The fourth-order valence-electron chi connectivity index (χ4n) is 1.47. The zero-order valence-electron chi connectivity index (χ0n) is 14.6. The van der Waals surface area contributed by atoms with Gasteiger partial charge in [0, 0.05) is 6.42 Å². The molecule has 1 aromatic rings. The lowest BCUT2D eigenvalue weighted by atomic mass is 10.2. The molecule has 122 valence electrons. The molecule has 0 unspecified atom stereocenters. The first-order valence-electron chi connectivity index (χ1n) is 7.98. The largest absolute Gasteiger partial charge is 0.494 e. The summed E-state index contributed by atoms with van der Waals surface area (Å²) in [6, 6.07) is 8.02. The number of hydrogen-bond acceptors (Lipinski definition) is 3. The van der Waals surface area contributed by atoms with Crippen molar-refractivity contribution < 1.29 is 14.3 Å². The summed E-state index contributed by atoms with van der Waals surface area (Å²) in [6.45, 7) is 10.8. The van der Waals surface area contributed by atoms with Crippen LogP contribution in [0.3, 0.4) is 0 Å². The fourth-order valence-corrected chi connectivity index (χ4v) is 1.47. The average Bonchev–Trinajstić information content (AvgIpc) is 2.56. The smallest absolute Gasteiger partial charge is 0.305 e. The molecule has 1 rings (SSSR count). The molecule has 0 saturated heterocycles. The van der Waals surface area contributed by atoms with Crippen LogP contribution < -0.4 is 4.74 Å². The molecule has 0 aliphatic heterocycles. The standard InChI is InChI=1S/C14H20O3.2C2H6/c1-12-7-9-13(10-8-12)17-11-5-3-4-6-14(15)16-2;2*1-2/h7-10H,3-6,11H2,1-2H3;2*1-2H3. The van der Waals surface area contributed by atoms with Gasteiger partial charge in [-0.15, -0.1) is 0 Å². The fraction of sp³-hybridized carbons (Fsp3) is 0.611. The molecule has 0 N–H and O–H groups in total. The Morgan fingerprint density at radius 1 is 0.952 bits per heavy atom. The van der Waals surface area contributed by atoms with Gasteiger partial charge in [-0.25, -0.2) is 0 Å². The van der Waals surface area contributed by atoms with Crippen molar-refractivity contribution in [2.45, 2.75) is 60.3 Å². The van der Waals surface area contributed by atoms with Crippen LogP contribution in [0.15, 0.2) is 24.3 Å². The van der Waals surface area contributed by atoms with Crippen molar-refractivity contribution in [2.24, 2.45) is 0 Å². The summed E-state index contributed by atoms with van der Waals surface area (Å²) in [6.07, 6.45) is 3.32. The quantitative estimate of drug-likeness (QED) is 0.515. The van der Waals surface area contributed by atoms with E-state index in [9.17, 15) is 4.79 Å². The molecule has 0 fully saturated rings. The molecule has 0 aromatic heterocycles. The molecule has 0 atom stereocenters. The van der Waals surface area contributed by atoms with Crippen LogP contribution in [0.5, 0.6) is 5.75 Å². The second-order valence-electron chi connectivity index (χ2n) is 4.05. The van der Waals surface area contributed by atoms with Crippen molar-refractivity contribution in [3.8, 4) is 5.75 Å². The van der Waals surface area contributed by atoms with E-state index in [2.05, 4.69) is 11.7 Å². The number of esters is 1. The maximum absolute atomic E-state index is 10.8. The minimum Gasteiger partial charge on any atom is -0.494 e. The highest BCUT2D eigenvalue weighted by Crippen LogP contribution is 2.12. The number of carbonyl (C=O) groups is 1. The van der Waals surface area contributed by atoms with Gasteiger partial charge in [0.05, 0.1) is 13.7 Å². The number of rotatable bonds is 7. The zero-order chi connectivity index (χ0) is 16.5. The Bertz CT molecular complexity index is 331. The summed E-state index contributed by atoms with van der Waals surface area (Å²) in [4.78, 5) is 10.8. The molecular formula is C18H32O3. The second kappa shape index (κ2) is 16.5. The number of ether oxygens (including phenoxy) is 2. The molecule has 3 heteroatoms. The van der Waals surface area contributed by atoms with Gasteiger partial charge in [-0.05, 0) is 38.3 Å². The highest BCUT2D eigenvalue weighted by Gasteiger charge is 1.99. The minimum absolute atomic E-state index is 0.135. The molecule has 21 heavy (non-hydrogen) atoms. The molecule has 0 saturated carbocycles. The maximum Gasteiger partial charge on any atom is 0.305 e. The number of aryl methyl sites for hydroxylation is 1. The van der Waals surface area contributed by atoms with Gasteiger partial charge >= 0.3 is 5.97 Å². The van der Waals surface area contributed by atoms with Gasteiger partial charge in [-0.3, -0.25) is 4.79 Å². The van der Waals surface area contributed by atoms with Crippen LogP contribution in [0.25, 0.3) is 0 Å². The molecule has 0 radical (unpaired) electrons. The Kier molecular flexibility index (Phi) is 17.2. The summed E-state index contributed by atoms with van der Waals surface area (Å²) < 4.78 is 10.1. The normalized spacial score (nSPS) is 8.67. The number of carbonyl (C=O) groups excluding carboxylic acids is 1. The van der Waals surface area contributed by atoms with Crippen molar-refractivity contribution in [2.75, 3.05) is 13.7 Å². The first-order valence-corrected chi connectivity index (χ1v) is 7.98. The highest BCUT2D eigenvalue weighted by atomic mass is 16.5. The predicted molar refractivity (Wildman–Crippen MR) is 89.9 cm³/mol. The van der Waals surface area contributed by atoms with Crippen LogP contribution in [0.2, 0.25) is 0 Å². The third-order valence-corrected chi connectivity index (χ3v) is 2.54. The summed E-state index contributed by atoms with van der Waals surface area (Å²) in [5.41, 5.74) is 1.23. The molecule has 0 spiro atoms. The monoisotopic (exact) mass is 296 g/mol. The van der Waals surface area contributed by atoms with E-state index in [-0.39, 0.29) is 5.97 Å². The van der Waals surface area contributed by atoms with Crippen molar-refractivity contribution in [1.29, 1.82) is 0 Å². The lowest BCUT2D eigenvalue weighted by Crippen LogP contribution is -2.01. The van der Waals surface area contributed by atoms with Crippen LogP contribution in [0, 0.1) is 6.92 Å². The van der Waals surface area contributed by atoms with E-state index in [0.717, 1.165) is 25.0 Å². The van der Waals surface area contributed by atoms with Crippen LogP contribution in [-0.2, 0) is 9.53 Å². The highest BCUT2D eigenvalue weighted by molar-refractivity contribution is 5.68. The molecule has 0 aliphatic rings. The lowest BCUT2D eigenvalue weighted by molar-refractivity contribution is -0.140. The van der Waals surface area contributed by atoms with Crippen LogP contribution >= 0.6 is 0 Å². The Labute approximate surface area is 130 Å². The molecule has 0 heterocycles. The van der Waals surface area contributed by atoms with E-state index in [1.807, 2.05) is 52.0 Å². The maximum atomic E-state index is 10.8. The lowest BCUT2D eigenvalue weighted by Gasteiger charge is -2.06. The summed E-state index contributed by atoms with van der Waals surface area (Å²) >= 11 is 0. The molecule has 1 aromatic carbocycles. The Hall–Kier alpha value is -1.51. The molecule has 0 bridgehead atoms. The summed E-state index contributed by atoms with van der Waals surface area (Å²) in [5.74, 6) is 0.771. The summed E-state index contributed by atoms with van der Waals surface area (Å²) in [7, 11) is 1.42.